The smallest absolute Gasteiger partial charge is 0.550 e. The van der Waals surface area contributed by atoms with Crippen LogP contribution in [0.4, 0.5) is 17.6 Å². The van der Waals surface area contributed by atoms with Gasteiger partial charge in [0.2, 0.25) is 5.82 Å². The molecule has 6 nitrogen and oxygen atoms in total. The first-order valence-electron chi connectivity index (χ1n) is 9.59. The largest absolute Gasteiger partial charge is 1.00 e. The Bertz CT molecular complexity index is 1060. The van der Waals surface area contributed by atoms with Gasteiger partial charge in [0.25, 0.3) is 0 Å². The molecular weight excluding hydrogens is 475 g/mol. The maximum Gasteiger partial charge on any atom is 1.00 e. The molecule has 0 unspecified atom stereocenters. The number of carboxylic acid groups (broad SMARTS) is 1. The molecule has 0 saturated heterocycles. The Hall–Kier alpha value is -1.76. The summed E-state index contributed by atoms with van der Waals surface area (Å²) in [7, 11) is 0. The number of aromatic nitrogens is 2. The number of carbonyl (C=O) groups is 1. The molecule has 0 aliphatic rings. The number of alkyl halides is 3. The van der Waals surface area contributed by atoms with E-state index < -0.39 is 42.4 Å². The maximum absolute atomic E-state index is 13.8. The van der Waals surface area contributed by atoms with Crippen LogP contribution in [0.2, 0.25) is 0 Å². The molecule has 3 rings (SSSR count). The standard InChI is InChI=1S/C21H20F4N2O4S.Na/c22-13-5-3-12(4-6-13)18-19(16-2-1-9-32-16)27(20(26-18)21(23,24)25)8-7-14(28)10-15(29)11-17(30)31;/h1-6,9,14-15,28-29H,7-8,10-11H2,(H,30,31);/q;+1/p-1/t14-,15-;/m1./s1. The molecule has 0 saturated carbocycles. The van der Waals surface area contributed by atoms with Gasteiger partial charge >= 0.3 is 35.7 Å². The van der Waals surface area contributed by atoms with Gasteiger partial charge in [0.15, 0.2) is 0 Å². The molecule has 1 aromatic carbocycles. The van der Waals surface area contributed by atoms with Crippen LogP contribution >= 0.6 is 11.3 Å². The minimum absolute atomic E-state index is 0. The van der Waals surface area contributed by atoms with Crippen molar-refractivity contribution >= 4 is 17.3 Å². The molecule has 0 aliphatic heterocycles. The van der Waals surface area contributed by atoms with Crippen molar-refractivity contribution in [2.24, 2.45) is 0 Å². The number of aliphatic carboxylic acids is 1. The average molecular weight is 494 g/mol. The van der Waals surface area contributed by atoms with Crippen molar-refractivity contribution in [2.45, 2.75) is 44.2 Å². The Labute approximate surface area is 212 Å². The number of imidazole rings is 1. The van der Waals surface area contributed by atoms with Crippen LogP contribution in [0.25, 0.3) is 21.8 Å². The van der Waals surface area contributed by atoms with Crippen LogP contribution < -0.4 is 34.7 Å². The van der Waals surface area contributed by atoms with Gasteiger partial charge in [0.05, 0.1) is 28.5 Å². The summed E-state index contributed by atoms with van der Waals surface area (Å²) in [5.41, 5.74) is 0.483. The summed E-state index contributed by atoms with van der Waals surface area (Å²) in [5.74, 6) is -3.22. The van der Waals surface area contributed by atoms with E-state index in [2.05, 4.69) is 4.98 Å². The molecule has 172 valence electrons. The van der Waals surface area contributed by atoms with E-state index >= 15 is 0 Å². The van der Waals surface area contributed by atoms with E-state index in [0.717, 1.165) is 16.7 Å². The number of carboxylic acids is 1. The third kappa shape index (κ3) is 7.11. The summed E-state index contributed by atoms with van der Waals surface area (Å²) in [6, 6.07) is 8.23. The number of rotatable bonds is 9. The van der Waals surface area contributed by atoms with Gasteiger partial charge in [-0.15, -0.1) is 11.3 Å². The molecule has 0 fully saturated rings. The van der Waals surface area contributed by atoms with Gasteiger partial charge in [-0.25, -0.2) is 9.37 Å². The molecule has 33 heavy (non-hydrogen) atoms. The Kier molecular flexibility index (Phi) is 9.65. The fourth-order valence-corrected chi connectivity index (χ4v) is 4.12. The summed E-state index contributed by atoms with van der Waals surface area (Å²) < 4.78 is 55.8. The molecule has 0 amide bonds. The van der Waals surface area contributed by atoms with Crippen LogP contribution in [-0.4, -0.2) is 37.9 Å². The van der Waals surface area contributed by atoms with E-state index in [9.17, 15) is 37.7 Å². The molecule has 2 atom stereocenters. The van der Waals surface area contributed by atoms with Gasteiger partial charge in [0, 0.05) is 24.5 Å². The monoisotopic (exact) mass is 494 g/mol. The normalized spacial score (nSPS) is 13.4. The van der Waals surface area contributed by atoms with Crippen molar-refractivity contribution < 1.29 is 67.2 Å². The average Bonchev–Trinajstić information content (AvgIpc) is 3.33. The molecule has 3 aromatic rings. The number of hydrogen-bond donors (Lipinski definition) is 2. The van der Waals surface area contributed by atoms with Crippen molar-refractivity contribution in [3.63, 3.8) is 0 Å². The van der Waals surface area contributed by atoms with Gasteiger partial charge in [-0.3, -0.25) is 0 Å². The number of carbonyl (C=O) groups excluding carboxylic acids is 1. The van der Waals surface area contributed by atoms with Crippen molar-refractivity contribution in [3.8, 4) is 21.8 Å². The third-order valence-corrected chi connectivity index (χ3v) is 5.60. The minimum Gasteiger partial charge on any atom is -0.550 e. The van der Waals surface area contributed by atoms with Crippen molar-refractivity contribution in [3.05, 3.63) is 53.4 Å². The number of nitrogens with zero attached hydrogens (tertiary/aromatic N) is 2. The quantitative estimate of drug-likeness (QED) is 0.325. The fourth-order valence-electron chi connectivity index (χ4n) is 3.34. The zero-order valence-electron chi connectivity index (χ0n) is 17.6. The predicted octanol–water partition coefficient (Wildman–Crippen LogP) is 0.0825. The Morgan fingerprint density at radius 2 is 1.82 bits per heavy atom. The number of halogens is 4. The second-order valence-electron chi connectivity index (χ2n) is 7.17. The van der Waals surface area contributed by atoms with E-state index in [1.165, 1.54) is 23.5 Å². The first kappa shape index (κ1) is 27.5. The second kappa shape index (κ2) is 11.6. The maximum atomic E-state index is 13.8. The van der Waals surface area contributed by atoms with Crippen LogP contribution in [0.15, 0.2) is 41.8 Å². The van der Waals surface area contributed by atoms with E-state index in [1.54, 1.807) is 17.5 Å². The van der Waals surface area contributed by atoms with Crippen molar-refractivity contribution in [1.29, 1.82) is 0 Å². The topological polar surface area (TPSA) is 98.4 Å². The number of thiophene rings is 1. The molecule has 0 bridgehead atoms. The summed E-state index contributed by atoms with van der Waals surface area (Å²) in [6.45, 7) is -0.296. The number of hydrogen-bond acceptors (Lipinski definition) is 6. The number of benzene rings is 1. The van der Waals surface area contributed by atoms with Crippen LogP contribution in [0.5, 0.6) is 0 Å². The second-order valence-corrected chi connectivity index (χ2v) is 8.12. The molecule has 2 N–H and O–H groups in total. The minimum atomic E-state index is -4.80. The zero-order chi connectivity index (χ0) is 23.5. The Morgan fingerprint density at radius 3 is 2.36 bits per heavy atom. The molecule has 2 aromatic heterocycles. The van der Waals surface area contributed by atoms with Gasteiger partial charge in [-0.2, -0.15) is 13.2 Å². The summed E-state index contributed by atoms with van der Waals surface area (Å²) >= 11 is 1.20. The van der Waals surface area contributed by atoms with Gasteiger partial charge in [0.1, 0.15) is 5.82 Å². The molecule has 12 heteroatoms. The van der Waals surface area contributed by atoms with Gasteiger partial charge in [-0.05, 0) is 48.6 Å². The molecule has 0 aliphatic carbocycles. The predicted molar refractivity (Wildman–Crippen MR) is 107 cm³/mol. The third-order valence-electron chi connectivity index (χ3n) is 4.73. The van der Waals surface area contributed by atoms with Crippen molar-refractivity contribution in [1.82, 2.24) is 9.55 Å². The zero-order valence-corrected chi connectivity index (χ0v) is 20.4. The summed E-state index contributed by atoms with van der Waals surface area (Å²) in [4.78, 5) is 14.9. The molecule has 2 heterocycles. The van der Waals surface area contributed by atoms with Crippen LogP contribution in [0.3, 0.4) is 0 Å². The van der Waals surface area contributed by atoms with Crippen LogP contribution in [-0.2, 0) is 17.5 Å². The fraction of sp³-hybridized carbons (Fsp3) is 0.333. The summed E-state index contributed by atoms with van der Waals surface area (Å²) in [5, 5.41) is 32.0. The van der Waals surface area contributed by atoms with E-state index in [-0.39, 0.29) is 60.3 Å². The van der Waals surface area contributed by atoms with Crippen molar-refractivity contribution in [2.75, 3.05) is 0 Å². The van der Waals surface area contributed by atoms with Gasteiger partial charge in [-0.1, -0.05) is 6.07 Å². The van der Waals surface area contributed by atoms with E-state index in [1.807, 2.05) is 0 Å². The first-order valence-corrected chi connectivity index (χ1v) is 10.5. The van der Waals surface area contributed by atoms with Crippen LogP contribution in [0, 0.1) is 5.82 Å². The van der Waals surface area contributed by atoms with Crippen LogP contribution in [0.1, 0.15) is 25.1 Å². The SMILES string of the molecule is O=C([O-])C[C@H](O)C[C@H](O)CCn1c(C(F)(F)F)nc(-c2ccc(F)cc2)c1-c1cccs1.[Na+]. The van der Waals surface area contributed by atoms with E-state index in [0.29, 0.717) is 10.4 Å². The summed E-state index contributed by atoms with van der Waals surface area (Å²) in [6.07, 6.45) is -8.65. The molecule has 0 spiro atoms. The number of aliphatic hydroxyl groups excluding tert-OH is 2. The van der Waals surface area contributed by atoms with Gasteiger partial charge < -0.3 is 24.7 Å². The number of aliphatic hydroxyl groups is 2. The molecular formula is C21H19F4N2NaO4S. The Morgan fingerprint density at radius 1 is 1.15 bits per heavy atom. The first-order chi connectivity index (χ1) is 15.1. The van der Waals surface area contributed by atoms with E-state index in [4.69, 9.17) is 0 Å². The Balaban J connectivity index is 0.00000385. The molecule has 0 radical (unpaired) electrons.